The molecule has 2 rings (SSSR count). The van der Waals surface area contributed by atoms with E-state index < -0.39 is 59.1 Å². The molecule has 0 radical (unpaired) electrons. The SMILES string of the molecule is CC(C)C(=O)OC[C@H]1O[C@@H](n2ccc(=O)[nH]c2=O)[C@](C)(F)[C@@H]1OC(=O)C(C)C. The molecule has 1 aliphatic rings. The molecule has 10 heteroatoms. The van der Waals surface area contributed by atoms with Gasteiger partial charge in [-0.1, -0.05) is 27.7 Å². The summed E-state index contributed by atoms with van der Waals surface area (Å²) in [7, 11) is 0. The molecule has 28 heavy (non-hydrogen) atoms. The third-order valence-corrected chi connectivity index (χ3v) is 4.36. The highest BCUT2D eigenvalue weighted by atomic mass is 19.1. The predicted octanol–water partition coefficient (Wildman–Crippen LogP) is 0.929. The van der Waals surface area contributed by atoms with E-state index in [1.165, 1.54) is 0 Å². The molecule has 0 bridgehead atoms. The second-order valence-electron chi connectivity index (χ2n) is 7.49. The Kier molecular flexibility index (Phi) is 6.43. The first-order valence-corrected chi connectivity index (χ1v) is 8.98. The van der Waals surface area contributed by atoms with Crippen LogP contribution in [-0.2, 0) is 23.8 Å². The van der Waals surface area contributed by atoms with Gasteiger partial charge in [-0.3, -0.25) is 23.9 Å². The Labute approximate surface area is 160 Å². The van der Waals surface area contributed by atoms with Crippen molar-refractivity contribution in [3.63, 3.8) is 0 Å². The van der Waals surface area contributed by atoms with Gasteiger partial charge in [0.15, 0.2) is 18.0 Å². The third-order valence-electron chi connectivity index (χ3n) is 4.36. The number of H-pyrrole nitrogens is 1. The lowest BCUT2D eigenvalue weighted by molar-refractivity contribution is -0.165. The summed E-state index contributed by atoms with van der Waals surface area (Å²) < 4.78 is 32.6. The molecule has 1 fully saturated rings. The minimum atomic E-state index is -2.33. The number of aromatic nitrogens is 2. The quantitative estimate of drug-likeness (QED) is 0.706. The fourth-order valence-corrected chi connectivity index (χ4v) is 2.73. The number of hydrogen-bond donors (Lipinski definition) is 1. The standard InChI is InChI=1S/C18H25FN2O7/c1-9(2)14(23)26-8-11-13(28-15(24)10(3)4)18(5,19)16(27-11)21-7-6-12(22)20-17(21)25/h6-7,9-11,13,16H,8H2,1-5H3,(H,20,22,25)/t11-,13-,16-,18-/m1/s1. The van der Waals surface area contributed by atoms with Gasteiger partial charge < -0.3 is 14.2 Å². The number of ether oxygens (including phenoxy) is 3. The first-order chi connectivity index (χ1) is 12.9. The summed E-state index contributed by atoms with van der Waals surface area (Å²) in [5.74, 6) is -2.12. The Hall–Kier alpha value is -2.49. The van der Waals surface area contributed by atoms with Crippen LogP contribution in [0.5, 0.6) is 0 Å². The molecular formula is C18H25FN2O7. The molecule has 0 amide bonds. The van der Waals surface area contributed by atoms with E-state index in [0.717, 1.165) is 23.8 Å². The number of esters is 2. The summed E-state index contributed by atoms with van der Waals surface area (Å²) in [6.45, 7) is 7.21. The lowest BCUT2D eigenvalue weighted by Gasteiger charge is -2.28. The van der Waals surface area contributed by atoms with E-state index in [1.54, 1.807) is 27.7 Å². The van der Waals surface area contributed by atoms with Crippen LogP contribution in [0.15, 0.2) is 21.9 Å². The van der Waals surface area contributed by atoms with Crippen molar-refractivity contribution in [3.05, 3.63) is 33.1 Å². The monoisotopic (exact) mass is 400 g/mol. The Morgan fingerprint density at radius 3 is 2.39 bits per heavy atom. The van der Waals surface area contributed by atoms with Gasteiger partial charge in [-0.2, -0.15) is 0 Å². The summed E-state index contributed by atoms with van der Waals surface area (Å²) >= 11 is 0. The average Bonchev–Trinajstić information content (AvgIpc) is 2.83. The summed E-state index contributed by atoms with van der Waals surface area (Å²) in [6, 6.07) is 1.04. The van der Waals surface area contributed by atoms with E-state index in [2.05, 4.69) is 0 Å². The number of nitrogens with zero attached hydrogens (tertiary/aromatic N) is 1. The molecule has 1 aromatic heterocycles. The molecular weight excluding hydrogens is 375 g/mol. The minimum Gasteiger partial charge on any atom is -0.463 e. The van der Waals surface area contributed by atoms with Gasteiger partial charge >= 0.3 is 17.6 Å². The fraction of sp³-hybridized carbons (Fsp3) is 0.667. The number of hydrogen-bond acceptors (Lipinski definition) is 7. The van der Waals surface area contributed by atoms with E-state index in [0.29, 0.717) is 0 Å². The molecule has 1 saturated heterocycles. The molecule has 0 unspecified atom stereocenters. The van der Waals surface area contributed by atoms with Crippen molar-refractivity contribution in [1.29, 1.82) is 0 Å². The van der Waals surface area contributed by atoms with Gasteiger partial charge in [-0.25, -0.2) is 9.18 Å². The van der Waals surface area contributed by atoms with Gasteiger partial charge in [0.1, 0.15) is 12.7 Å². The molecule has 9 nitrogen and oxygen atoms in total. The van der Waals surface area contributed by atoms with Crippen molar-refractivity contribution in [2.24, 2.45) is 11.8 Å². The first-order valence-electron chi connectivity index (χ1n) is 8.98. The minimum absolute atomic E-state index is 0.360. The van der Waals surface area contributed by atoms with E-state index in [9.17, 15) is 19.2 Å². The Morgan fingerprint density at radius 2 is 1.86 bits per heavy atom. The van der Waals surface area contributed by atoms with Crippen LogP contribution in [0, 0.1) is 11.8 Å². The van der Waals surface area contributed by atoms with Crippen LogP contribution in [-0.4, -0.2) is 46.0 Å². The molecule has 1 N–H and O–H groups in total. The summed E-state index contributed by atoms with van der Waals surface area (Å²) in [5.41, 5.74) is -3.86. The summed E-state index contributed by atoms with van der Waals surface area (Å²) in [4.78, 5) is 49.2. The largest absolute Gasteiger partial charge is 0.463 e. The maximum absolute atomic E-state index is 15.7. The second-order valence-corrected chi connectivity index (χ2v) is 7.49. The second kappa shape index (κ2) is 8.26. The van der Waals surface area contributed by atoms with Crippen LogP contribution in [0.4, 0.5) is 4.39 Å². The molecule has 1 aromatic rings. The number of carbonyl (C=O) groups excluding carboxylic acids is 2. The van der Waals surface area contributed by atoms with Crippen molar-refractivity contribution in [2.75, 3.05) is 6.61 Å². The molecule has 156 valence electrons. The molecule has 0 spiro atoms. The summed E-state index contributed by atoms with van der Waals surface area (Å²) in [5, 5.41) is 0. The zero-order valence-electron chi connectivity index (χ0n) is 16.4. The average molecular weight is 400 g/mol. The van der Waals surface area contributed by atoms with Crippen molar-refractivity contribution >= 4 is 11.9 Å². The normalized spacial score (nSPS) is 27.2. The van der Waals surface area contributed by atoms with Crippen molar-refractivity contribution in [2.45, 2.75) is 58.7 Å². The number of aromatic amines is 1. The highest BCUT2D eigenvalue weighted by molar-refractivity contribution is 5.72. The zero-order valence-corrected chi connectivity index (χ0v) is 16.4. The van der Waals surface area contributed by atoms with Crippen molar-refractivity contribution in [1.82, 2.24) is 9.55 Å². The summed E-state index contributed by atoms with van der Waals surface area (Å²) in [6.07, 6.45) is -2.96. The number of rotatable bonds is 6. The van der Waals surface area contributed by atoms with Gasteiger partial charge in [0.25, 0.3) is 5.56 Å². The number of carbonyl (C=O) groups is 2. The van der Waals surface area contributed by atoms with E-state index in [-0.39, 0.29) is 6.61 Å². The Morgan fingerprint density at radius 1 is 1.25 bits per heavy atom. The van der Waals surface area contributed by atoms with Crippen LogP contribution in [0.2, 0.25) is 0 Å². The number of halogens is 1. The Bertz CT molecular complexity index is 843. The van der Waals surface area contributed by atoms with E-state index in [1.807, 2.05) is 4.98 Å². The van der Waals surface area contributed by atoms with Crippen LogP contribution in [0.25, 0.3) is 0 Å². The van der Waals surface area contributed by atoms with Crippen LogP contribution in [0.1, 0.15) is 40.8 Å². The van der Waals surface area contributed by atoms with Crippen LogP contribution >= 0.6 is 0 Å². The van der Waals surface area contributed by atoms with Crippen molar-refractivity contribution < 1.29 is 28.2 Å². The molecule has 2 heterocycles. The fourth-order valence-electron chi connectivity index (χ4n) is 2.73. The van der Waals surface area contributed by atoms with Gasteiger partial charge in [0.05, 0.1) is 11.8 Å². The number of alkyl halides is 1. The smallest absolute Gasteiger partial charge is 0.330 e. The highest BCUT2D eigenvalue weighted by Crippen LogP contribution is 2.42. The lowest BCUT2D eigenvalue weighted by Crippen LogP contribution is -2.46. The highest BCUT2D eigenvalue weighted by Gasteiger charge is 2.58. The van der Waals surface area contributed by atoms with Gasteiger partial charge in [-0.15, -0.1) is 0 Å². The van der Waals surface area contributed by atoms with Crippen molar-refractivity contribution in [3.8, 4) is 0 Å². The molecule has 4 atom stereocenters. The van der Waals surface area contributed by atoms with Crippen LogP contribution < -0.4 is 11.2 Å². The number of nitrogens with one attached hydrogen (secondary N) is 1. The Balaban J connectivity index is 2.36. The molecule has 1 aliphatic heterocycles. The van der Waals surface area contributed by atoms with Gasteiger partial charge in [0.2, 0.25) is 0 Å². The maximum atomic E-state index is 15.7. The molecule has 0 saturated carbocycles. The van der Waals surface area contributed by atoms with E-state index >= 15 is 4.39 Å². The van der Waals surface area contributed by atoms with Gasteiger partial charge in [0, 0.05) is 12.3 Å². The zero-order chi connectivity index (χ0) is 21.2. The molecule has 0 aromatic carbocycles. The molecule has 0 aliphatic carbocycles. The third kappa shape index (κ3) is 4.49. The predicted molar refractivity (Wildman–Crippen MR) is 95.3 cm³/mol. The topological polar surface area (TPSA) is 117 Å². The van der Waals surface area contributed by atoms with Crippen LogP contribution in [0.3, 0.4) is 0 Å². The van der Waals surface area contributed by atoms with E-state index in [4.69, 9.17) is 14.2 Å². The lowest BCUT2D eigenvalue weighted by atomic mass is 9.98. The van der Waals surface area contributed by atoms with Gasteiger partial charge in [-0.05, 0) is 6.92 Å². The first kappa shape index (κ1) is 21.8. The maximum Gasteiger partial charge on any atom is 0.330 e.